The zero-order valence-electron chi connectivity index (χ0n) is 9.25. The van der Waals surface area contributed by atoms with Crippen LogP contribution >= 0.6 is 10.0 Å². The molecule has 1 N–H and O–H groups in total. The second-order valence-electron chi connectivity index (χ2n) is 3.79. The lowest BCUT2D eigenvalue weighted by Gasteiger charge is -2.26. The van der Waals surface area contributed by atoms with Crippen molar-refractivity contribution in [3.8, 4) is 0 Å². The number of hydrogen-bond acceptors (Lipinski definition) is 2. The van der Waals surface area contributed by atoms with E-state index in [1.54, 1.807) is 18.8 Å². The van der Waals surface area contributed by atoms with E-state index < -0.39 is 36.7 Å². The average molecular weight is 272 g/mol. The van der Waals surface area contributed by atoms with Crippen LogP contribution < -0.4 is 0 Å². The lowest BCUT2D eigenvalue weighted by molar-refractivity contribution is 0.485. The van der Waals surface area contributed by atoms with Crippen molar-refractivity contribution in [2.75, 3.05) is 18.8 Å². The second-order valence-corrected chi connectivity index (χ2v) is 9.40. The monoisotopic (exact) mass is 272 g/mol. The maximum Gasteiger partial charge on any atom is 0.296 e. The molecule has 0 bridgehead atoms. The van der Waals surface area contributed by atoms with Crippen LogP contribution in [0, 0.1) is 0 Å². The van der Waals surface area contributed by atoms with Gasteiger partial charge in [0.25, 0.3) is 10.1 Å². The van der Waals surface area contributed by atoms with Crippen molar-refractivity contribution < 1.29 is 21.8 Å². The normalized spacial score (nSPS) is 15.4. The first-order valence-corrected chi connectivity index (χ1v) is 8.28. The minimum atomic E-state index is -4.83. The van der Waals surface area contributed by atoms with Crippen molar-refractivity contribution in [3.05, 3.63) is 34.6 Å². The highest BCUT2D eigenvalue weighted by molar-refractivity contribution is 8.35. The third-order valence-electron chi connectivity index (χ3n) is 1.73. The summed E-state index contributed by atoms with van der Waals surface area (Å²) >= 11 is 0. The van der Waals surface area contributed by atoms with Gasteiger partial charge in [0.15, 0.2) is 11.7 Å². The van der Waals surface area contributed by atoms with E-state index in [9.17, 15) is 17.2 Å². The van der Waals surface area contributed by atoms with Crippen molar-refractivity contribution in [2.24, 2.45) is 0 Å². The molecule has 0 aromatic heterocycles. The Morgan fingerprint density at radius 1 is 1.00 bits per heavy atom. The molecule has 0 aromatic rings. The second kappa shape index (κ2) is 4.68. The van der Waals surface area contributed by atoms with Crippen molar-refractivity contribution in [3.63, 3.8) is 0 Å². The molecule has 0 rings (SSSR count). The van der Waals surface area contributed by atoms with E-state index in [4.69, 9.17) is 4.55 Å². The highest BCUT2D eigenvalue weighted by Crippen LogP contribution is 2.48. The van der Waals surface area contributed by atoms with Gasteiger partial charge in [-0.3, -0.25) is 4.55 Å². The Kier molecular flexibility index (Phi) is 4.49. The van der Waals surface area contributed by atoms with E-state index >= 15 is 0 Å². The summed E-state index contributed by atoms with van der Waals surface area (Å²) in [4.78, 5) is -1.43. The molecule has 94 valence electrons. The van der Waals surface area contributed by atoms with E-state index in [2.05, 4.69) is 13.2 Å². The van der Waals surface area contributed by atoms with Gasteiger partial charge in [-0.1, -0.05) is 13.2 Å². The van der Waals surface area contributed by atoms with Crippen LogP contribution in [0.1, 0.15) is 0 Å². The number of rotatable bonds is 4. The van der Waals surface area contributed by atoms with Gasteiger partial charge in [-0.25, -0.2) is 18.8 Å². The van der Waals surface area contributed by atoms with Gasteiger partial charge in [0.2, 0.25) is 0 Å². The molecule has 0 aliphatic carbocycles. The van der Waals surface area contributed by atoms with Gasteiger partial charge in [-0.05, 0) is 18.8 Å². The fraction of sp³-hybridized carbons (Fsp3) is 0.333. The zero-order chi connectivity index (χ0) is 13.3. The number of hydrogen-bond donors (Lipinski definition) is 1. The molecule has 0 radical (unpaired) electrons. The smallest absolute Gasteiger partial charge is 0.282 e. The zero-order valence-corrected chi connectivity index (χ0v) is 10.9. The largest absolute Gasteiger partial charge is 0.296 e. The Balaban J connectivity index is 5.47. The molecule has 0 fully saturated rings. The molecule has 0 aliphatic rings. The summed E-state index contributed by atoms with van der Waals surface area (Å²) in [5, 5.41) is 0. The Morgan fingerprint density at radius 2 is 1.31 bits per heavy atom. The molecule has 0 unspecified atom stereocenters. The van der Waals surface area contributed by atoms with Gasteiger partial charge in [0.05, 0.1) is 0 Å². The summed E-state index contributed by atoms with van der Waals surface area (Å²) in [6, 6.07) is 0. The highest BCUT2D eigenvalue weighted by Gasteiger charge is 2.25. The molecule has 0 amide bonds. The molecule has 0 aliphatic heterocycles. The molecule has 7 heteroatoms. The van der Waals surface area contributed by atoms with Crippen LogP contribution in [-0.4, -0.2) is 31.7 Å². The summed E-state index contributed by atoms with van der Waals surface area (Å²) < 4.78 is 56.3. The third-order valence-corrected chi connectivity index (χ3v) is 4.19. The van der Waals surface area contributed by atoms with Crippen molar-refractivity contribution in [1.82, 2.24) is 0 Å². The Morgan fingerprint density at radius 3 is 1.56 bits per heavy atom. The van der Waals surface area contributed by atoms with Crippen LogP contribution in [0.2, 0.25) is 0 Å². The summed E-state index contributed by atoms with van der Waals surface area (Å²) in [5.74, 6) is -3.08. The predicted octanol–water partition coefficient (Wildman–Crippen LogP) is 2.75. The summed E-state index contributed by atoms with van der Waals surface area (Å²) in [6.07, 6.45) is 5.00. The van der Waals surface area contributed by atoms with Gasteiger partial charge in [0, 0.05) is 4.91 Å². The number of halogens is 2. The molecule has 0 atom stereocenters. The summed E-state index contributed by atoms with van der Waals surface area (Å²) in [7, 11) is -6.44. The van der Waals surface area contributed by atoms with Crippen molar-refractivity contribution in [2.45, 2.75) is 0 Å². The van der Waals surface area contributed by atoms with E-state index in [0.717, 1.165) is 0 Å². The fourth-order valence-electron chi connectivity index (χ4n) is 0.627. The SMILES string of the molecule is C=C(/C(F)=C(/F)C(=C)S(=O)(=O)O)S(C)(C)C. The van der Waals surface area contributed by atoms with Crippen molar-refractivity contribution >= 4 is 20.1 Å². The van der Waals surface area contributed by atoms with Crippen molar-refractivity contribution in [1.29, 1.82) is 0 Å². The molecular formula is C9H14F2O3S2. The lowest BCUT2D eigenvalue weighted by Crippen LogP contribution is -2.04. The molecule has 3 nitrogen and oxygen atoms in total. The van der Waals surface area contributed by atoms with E-state index in [0.29, 0.717) is 0 Å². The quantitative estimate of drug-likeness (QED) is 0.632. The van der Waals surface area contributed by atoms with Crippen LogP contribution in [-0.2, 0) is 10.1 Å². The van der Waals surface area contributed by atoms with Gasteiger partial charge >= 0.3 is 0 Å². The molecule has 0 saturated heterocycles. The van der Waals surface area contributed by atoms with Crippen LogP contribution in [0.5, 0.6) is 0 Å². The number of allylic oxidation sites excluding steroid dienone is 2. The predicted molar refractivity (Wildman–Crippen MR) is 64.4 cm³/mol. The third kappa shape index (κ3) is 3.73. The average Bonchev–Trinajstić information content (AvgIpc) is 2.10. The molecular weight excluding hydrogens is 258 g/mol. The minimum Gasteiger partial charge on any atom is -0.282 e. The van der Waals surface area contributed by atoms with E-state index in [-0.39, 0.29) is 4.91 Å². The Bertz CT molecular complexity index is 456. The van der Waals surface area contributed by atoms with Gasteiger partial charge in [-0.2, -0.15) is 8.42 Å². The van der Waals surface area contributed by atoms with Gasteiger partial charge < -0.3 is 0 Å². The summed E-state index contributed by atoms with van der Waals surface area (Å²) in [6.45, 7) is 6.13. The molecule has 0 heterocycles. The maximum absolute atomic E-state index is 13.5. The Labute approximate surface area is 95.6 Å². The lowest BCUT2D eigenvalue weighted by atomic mass is 10.4. The van der Waals surface area contributed by atoms with Crippen LogP contribution in [0.3, 0.4) is 0 Å². The first kappa shape index (κ1) is 15.3. The molecule has 16 heavy (non-hydrogen) atoms. The maximum atomic E-state index is 13.5. The molecule has 0 spiro atoms. The van der Waals surface area contributed by atoms with Crippen LogP contribution in [0.4, 0.5) is 8.78 Å². The standard InChI is InChI=1S/C9H14F2O3S2/c1-6(15(3,4)5)8(10)9(11)7(2)16(12,13)14/h1-2H2,3-5H3,(H,12,13,14)/b9-8-. The van der Waals surface area contributed by atoms with E-state index in [1.807, 2.05) is 0 Å². The molecule has 0 saturated carbocycles. The Hall–Kier alpha value is -0.660. The fourth-order valence-corrected chi connectivity index (χ4v) is 1.57. The van der Waals surface area contributed by atoms with Crippen LogP contribution in [0.15, 0.2) is 34.6 Å². The van der Waals surface area contributed by atoms with Gasteiger partial charge in [0.1, 0.15) is 4.91 Å². The molecule has 0 aromatic carbocycles. The van der Waals surface area contributed by atoms with Gasteiger partial charge in [-0.15, -0.1) is 0 Å². The first-order valence-electron chi connectivity index (χ1n) is 3.98. The summed E-state index contributed by atoms with van der Waals surface area (Å²) in [5.41, 5.74) is 0. The topological polar surface area (TPSA) is 54.4 Å². The highest BCUT2D eigenvalue weighted by atomic mass is 32.3. The van der Waals surface area contributed by atoms with Crippen LogP contribution in [0.25, 0.3) is 0 Å². The van der Waals surface area contributed by atoms with E-state index in [1.165, 1.54) is 0 Å². The first-order chi connectivity index (χ1) is 6.89. The minimum absolute atomic E-state index is 0.130.